The Labute approximate surface area is 146 Å². The number of carbonyl (C=O) groups excluding carboxylic acids is 1. The van der Waals surface area contributed by atoms with Gasteiger partial charge in [-0.15, -0.1) is 4.83 Å². The molecule has 142 valence electrons. The minimum atomic E-state index is -3.86. The molecule has 24 heavy (non-hydrogen) atoms. The molecule has 0 aromatic carbocycles. The van der Waals surface area contributed by atoms with Crippen molar-refractivity contribution in [1.29, 1.82) is 0 Å². The van der Waals surface area contributed by atoms with E-state index in [-0.39, 0.29) is 5.41 Å². The van der Waals surface area contributed by atoms with Crippen LogP contribution in [-0.2, 0) is 14.9 Å². The highest BCUT2D eigenvalue weighted by atomic mass is 32.2. The van der Waals surface area contributed by atoms with E-state index in [1.165, 1.54) is 0 Å². The molecule has 0 unspecified atom stereocenters. The van der Waals surface area contributed by atoms with Crippen LogP contribution in [0.5, 0.6) is 0 Å². The Hall–Kier alpha value is -0.860. The average Bonchev–Trinajstić information content (AvgIpc) is 2.32. The summed E-state index contributed by atoms with van der Waals surface area (Å²) in [6.07, 6.45) is 2.64. The van der Waals surface area contributed by atoms with Crippen LogP contribution >= 0.6 is 0 Å². The van der Waals surface area contributed by atoms with Gasteiger partial charge in [0, 0.05) is 5.54 Å². The quantitative estimate of drug-likeness (QED) is 0.669. The minimum absolute atomic E-state index is 0.233. The molecule has 0 aromatic rings. The SMILES string of the molecule is CC1(NS(=O)(=O)NNC(=O)OC(C)(C)C)CCC(C(C)(C)C)CC1. The van der Waals surface area contributed by atoms with Crippen LogP contribution in [0.1, 0.15) is 74.1 Å². The smallest absolute Gasteiger partial charge is 0.423 e. The lowest BCUT2D eigenvalue weighted by atomic mass is 9.68. The molecule has 0 spiro atoms. The van der Waals surface area contributed by atoms with Crippen LogP contribution in [0.4, 0.5) is 4.79 Å². The third-order valence-electron chi connectivity index (χ3n) is 4.38. The number of carbonyl (C=O) groups is 1. The fraction of sp³-hybridized carbons (Fsp3) is 0.938. The van der Waals surface area contributed by atoms with E-state index in [9.17, 15) is 13.2 Å². The second kappa shape index (κ2) is 7.17. The normalized spacial score (nSPS) is 26.0. The van der Waals surface area contributed by atoms with E-state index in [4.69, 9.17) is 4.74 Å². The van der Waals surface area contributed by atoms with E-state index in [0.29, 0.717) is 5.92 Å². The fourth-order valence-corrected chi connectivity index (χ4v) is 4.11. The predicted molar refractivity (Wildman–Crippen MR) is 94.4 cm³/mol. The summed E-state index contributed by atoms with van der Waals surface area (Å²) < 4.78 is 32.0. The summed E-state index contributed by atoms with van der Waals surface area (Å²) >= 11 is 0. The molecular formula is C16H33N3O4S. The molecule has 3 N–H and O–H groups in total. The molecule has 1 amide bonds. The van der Waals surface area contributed by atoms with E-state index in [1.807, 2.05) is 11.8 Å². The summed E-state index contributed by atoms with van der Waals surface area (Å²) in [5.74, 6) is 0.586. The molecule has 0 heterocycles. The molecule has 1 aliphatic rings. The lowest BCUT2D eigenvalue weighted by molar-refractivity contribution is 0.0514. The van der Waals surface area contributed by atoms with Crippen molar-refractivity contribution in [1.82, 2.24) is 15.0 Å². The maximum atomic E-state index is 12.2. The molecular weight excluding hydrogens is 330 g/mol. The molecule has 1 fully saturated rings. The van der Waals surface area contributed by atoms with Crippen molar-refractivity contribution in [3.8, 4) is 0 Å². The van der Waals surface area contributed by atoms with Gasteiger partial charge in [0.25, 0.3) is 10.2 Å². The van der Waals surface area contributed by atoms with Gasteiger partial charge < -0.3 is 4.74 Å². The molecule has 1 rings (SSSR count). The number of amides is 1. The van der Waals surface area contributed by atoms with Gasteiger partial charge in [-0.3, -0.25) is 0 Å². The summed E-state index contributed by atoms with van der Waals surface area (Å²) in [4.78, 5) is 13.6. The van der Waals surface area contributed by atoms with Crippen molar-refractivity contribution in [3.05, 3.63) is 0 Å². The summed E-state index contributed by atoms with van der Waals surface area (Å²) in [7, 11) is -3.86. The van der Waals surface area contributed by atoms with Crippen molar-refractivity contribution >= 4 is 16.3 Å². The third-order valence-corrected chi connectivity index (χ3v) is 5.51. The molecule has 0 bridgehead atoms. The Bertz CT molecular complexity index is 539. The molecule has 0 saturated heterocycles. The van der Waals surface area contributed by atoms with Crippen LogP contribution in [0, 0.1) is 11.3 Å². The average molecular weight is 364 g/mol. The van der Waals surface area contributed by atoms with Gasteiger partial charge in [-0.05, 0) is 64.7 Å². The number of hydrogen-bond donors (Lipinski definition) is 3. The molecule has 0 atom stereocenters. The zero-order valence-electron chi connectivity index (χ0n) is 15.9. The van der Waals surface area contributed by atoms with Gasteiger partial charge in [0.15, 0.2) is 0 Å². The first kappa shape index (κ1) is 21.2. The van der Waals surface area contributed by atoms with Gasteiger partial charge in [-0.25, -0.2) is 10.2 Å². The van der Waals surface area contributed by atoms with E-state index < -0.39 is 27.4 Å². The Morgan fingerprint density at radius 2 is 1.58 bits per heavy atom. The predicted octanol–water partition coefficient (Wildman–Crippen LogP) is 2.85. The second-order valence-electron chi connectivity index (χ2n) is 9.04. The van der Waals surface area contributed by atoms with Crippen molar-refractivity contribution < 1.29 is 17.9 Å². The molecule has 1 saturated carbocycles. The maximum absolute atomic E-state index is 12.2. The van der Waals surface area contributed by atoms with Crippen molar-refractivity contribution in [3.63, 3.8) is 0 Å². The van der Waals surface area contributed by atoms with Crippen molar-refractivity contribution in [2.45, 2.75) is 85.3 Å². The first-order valence-corrected chi connectivity index (χ1v) is 9.90. The Balaban J connectivity index is 2.54. The van der Waals surface area contributed by atoms with E-state index >= 15 is 0 Å². The van der Waals surface area contributed by atoms with Gasteiger partial charge in [-0.1, -0.05) is 20.8 Å². The summed E-state index contributed by atoms with van der Waals surface area (Å²) in [6.45, 7) is 13.7. The lowest BCUT2D eigenvalue weighted by Crippen LogP contribution is -2.56. The highest BCUT2D eigenvalue weighted by molar-refractivity contribution is 7.87. The third kappa shape index (κ3) is 7.36. The number of hydrogen-bond acceptors (Lipinski definition) is 4. The highest BCUT2D eigenvalue weighted by Crippen LogP contribution is 2.41. The van der Waals surface area contributed by atoms with Crippen LogP contribution in [0.3, 0.4) is 0 Å². The van der Waals surface area contributed by atoms with Crippen LogP contribution < -0.4 is 15.0 Å². The first-order chi connectivity index (χ1) is 10.6. The maximum Gasteiger partial charge on any atom is 0.423 e. The van der Waals surface area contributed by atoms with E-state index in [2.05, 4.69) is 30.9 Å². The van der Waals surface area contributed by atoms with Crippen molar-refractivity contribution in [2.75, 3.05) is 0 Å². The van der Waals surface area contributed by atoms with Crippen LogP contribution in [0.15, 0.2) is 0 Å². The molecule has 0 aromatic heterocycles. The number of rotatable bonds is 4. The van der Waals surface area contributed by atoms with Gasteiger partial charge >= 0.3 is 6.09 Å². The van der Waals surface area contributed by atoms with Crippen molar-refractivity contribution in [2.24, 2.45) is 11.3 Å². The largest absolute Gasteiger partial charge is 0.443 e. The van der Waals surface area contributed by atoms with Gasteiger partial charge in [-0.2, -0.15) is 13.1 Å². The zero-order chi connectivity index (χ0) is 18.8. The highest BCUT2D eigenvalue weighted by Gasteiger charge is 2.38. The molecule has 0 radical (unpaired) electrons. The van der Waals surface area contributed by atoms with E-state index in [1.54, 1.807) is 20.8 Å². The Kier molecular flexibility index (Phi) is 6.33. The topological polar surface area (TPSA) is 96.5 Å². The number of hydrazine groups is 1. The summed E-state index contributed by atoms with van der Waals surface area (Å²) in [5, 5.41) is 0. The molecule has 8 heteroatoms. The monoisotopic (exact) mass is 363 g/mol. The second-order valence-corrected chi connectivity index (χ2v) is 10.5. The van der Waals surface area contributed by atoms with Crippen LogP contribution in [-0.4, -0.2) is 25.7 Å². The summed E-state index contributed by atoms with van der Waals surface area (Å²) in [5.41, 5.74) is 1.09. The lowest BCUT2D eigenvalue weighted by Gasteiger charge is -2.42. The Morgan fingerprint density at radius 3 is 2.00 bits per heavy atom. The number of ether oxygens (including phenoxy) is 1. The molecule has 1 aliphatic carbocycles. The summed E-state index contributed by atoms with van der Waals surface area (Å²) in [6, 6.07) is 0. The number of nitrogens with one attached hydrogen (secondary N) is 3. The molecule has 7 nitrogen and oxygen atoms in total. The zero-order valence-corrected chi connectivity index (χ0v) is 16.8. The fourth-order valence-electron chi connectivity index (χ4n) is 2.99. The first-order valence-electron chi connectivity index (χ1n) is 8.42. The van der Waals surface area contributed by atoms with E-state index in [0.717, 1.165) is 25.7 Å². The molecule has 0 aliphatic heterocycles. The Morgan fingerprint density at radius 1 is 1.08 bits per heavy atom. The minimum Gasteiger partial charge on any atom is -0.443 e. The standard InChI is InChI=1S/C16H33N3O4S/c1-14(2,3)12-8-10-16(7,11-9-12)18-24(21,22)19-17-13(20)23-15(4,5)6/h12,18-19H,8-11H2,1-7H3,(H,17,20). The van der Waals surface area contributed by atoms with Gasteiger partial charge in [0.1, 0.15) is 5.60 Å². The van der Waals surface area contributed by atoms with Gasteiger partial charge in [0.05, 0.1) is 0 Å². The van der Waals surface area contributed by atoms with Gasteiger partial charge in [0.2, 0.25) is 0 Å². The van der Waals surface area contributed by atoms with Crippen LogP contribution in [0.25, 0.3) is 0 Å². The van der Waals surface area contributed by atoms with Crippen LogP contribution in [0.2, 0.25) is 0 Å².